The maximum atomic E-state index is 13.3. The van der Waals surface area contributed by atoms with Crippen molar-refractivity contribution in [3.8, 4) is 0 Å². The number of fused-ring (bicyclic) bond motifs is 1. The molecule has 11 heteroatoms. The van der Waals surface area contributed by atoms with Crippen molar-refractivity contribution in [1.82, 2.24) is 14.3 Å². The summed E-state index contributed by atoms with van der Waals surface area (Å²) in [6, 6.07) is 14.2. The molecule has 174 valence electrons. The van der Waals surface area contributed by atoms with Crippen molar-refractivity contribution >= 4 is 57.7 Å². The lowest BCUT2D eigenvalue weighted by molar-refractivity contribution is -0.137. The van der Waals surface area contributed by atoms with E-state index in [-0.39, 0.29) is 40.1 Å². The minimum atomic E-state index is -1.04. The normalized spacial score (nSPS) is 15.8. The van der Waals surface area contributed by atoms with Gasteiger partial charge in [0.1, 0.15) is 15.8 Å². The largest absolute Gasteiger partial charge is 0.481 e. The molecule has 1 amide bonds. The second-order valence-electron chi connectivity index (χ2n) is 7.39. The summed E-state index contributed by atoms with van der Waals surface area (Å²) in [6.45, 7) is 0.0283. The standard InChI is InChI=1S/C23H20N4O5S2/c28-16(14-6-2-1-3-7-14)13-24-20-15(21(31)26-10-5-4-8-18(26)25-20)12-17-22(32)27(23(33)34-17)11-9-19(29)30/h1-8,10,12,16,24,28H,9,11,13H2,(H,29,30)/b17-12-/t16-/m1/s1. The number of thiocarbonyl (C=S) groups is 1. The third-order valence-electron chi connectivity index (χ3n) is 5.11. The number of nitrogens with zero attached hydrogens (tertiary/aromatic N) is 3. The van der Waals surface area contributed by atoms with E-state index >= 15 is 0 Å². The van der Waals surface area contributed by atoms with Gasteiger partial charge in [0.25, 0.3) is 11.5 Å². The van der Waals surface area contributed by atoms with Crippen molar-refractivity contribution in [3.05, 3.63) is 81.1 Å². The topological polar surface area (TPSA) is 124 Å². The molecule has 1 saturated heterocycles. The number of thioether (sulfide) groups is 1. The molecule has 3 aromatic rings. The zero-order valence-corrected chi connectivity index (χ0v) is 19.4. The number of benzene rings is 1. The molecule has 3 heterocycles. The Morgan fingerprint density at radius 3 is 2.65 bits per heavy atom. The number of amides is 1. The second kappa shape index (κ2) is 10.2. The number of pyridine rings is 1. The van der Waals surface area contributed by atoms with Gasteiger partial charge < -0.3 is 15.5 Å². The number of nitrogens with one attached hydrogen (secondary N) is 1. The predicted molar refractivity (Wildman–Crippen MR) is 133 cm³/mol. The first kappa shape index (κ1) is 23.6. The lowest BCUT2D eigenvalue weighted by Crippen LogP contribution is -2.30. The fraction of sp³-hybridized carbons (Fsp3) is 0.174. The van der Waals surface area contributed by atoms with E-state index in [2.05, 4.69) is 10.3 Å². The van der Waals surface area contributed by atoms with E-state index in [1.165, 1.54) is 15.4 Å². The van der Waals surface area contributed by atoms with Crippen LogP contribution in [0.2, 0.25) is 0 Å². The summed E-state index contributed by atoms with van der Waals surface area (Å²) in [5.74, 6) is -1.30. The van der Waals surface area contributed by atoms with Crippen LogP contribution >= 0.6 is 24.0 Å². The molecule has 0 spiro atoms. The number of aliphatic carboxylic acids is 1. The van der Waals surface area contributed by atoms with E-state index in [0.29, 0.717) is 11.2 Å². The number of carbonyl (C=O) groups is 2. The van der Waals surface area contributed by atoms with E-state index in [4.69, 9.17) is 17.3 Å². The van der Waals surface area contributed by atoms with E-state index in [9.17, 15) is 19.5 Å². The summed E-state index contributed by atoms with van der Waals surface area (Å²) < 4.78 is 1.58. The zero-order chi connectivity index (χ0) is 24.2. The number of hydrogen-bond acceptors (Lipinski definition) is 8. The van der Waals surface area contributed by atoms with Crippen LogP contribution in [0.3, 0.4) is 0 Å². The highest BCUT2D eigenvalue weighted by Gasteiger charge is 2.32. The van der Waals surface area contributed by atoms with Crippen LogP contribution in [-0.4, -0.2) is 53.8 Å². The summed E-state index contributed by atoms with van der Waals surface area (Å²) >= 11 is 6.23. The molecule has 0 unspecified atom stereocenters. The van der Waals surface area contributed by atoms with Gasteiger partial charge in [0.05, 0.1) is 23.0 Å². The number of hydrogen-bond donors (Lipinski definition) is 3. The smallest absolute Gasteiger partial charge is 0.305 e. The van der Waals surface area contributed by atoms with Gasteiger partial charge in [-0.15, -0.1) is 0 Å². The fourth-order valence-corrected chi connectivity index (χ4v) is 4.68. The number of anilines is 1. The van der Waals surface area contributed by atoms with Crippen LogP contribution in [0.4, 0.5) is 5.82 Å². The van der Waals surface area contributed by atoms with Gasteiger partial charge in [0.2, 0.25) is 0 Å². The van der Waals surface area contributed by atoms with Crippen molar-refractivity contribution in [1.29, 1.82) is 0 Å². The highest BCUT2D eigenvalue weighted by molar-refractivity contribution is 8.26. The van der Waals surface area contributed by atoms with Crippen molar-refractivity contribution in [2.24, 2.45) is 0 Å². The maximum absolute atomic E-state index is 13.3. The number of aromatic nitrogens is 2. The Morgan fingerprint density at radius 1 is 1.18 bits per heavy atom. The fourth-order valence-electron chi connectivity index (χ4n) is 3.39. The minimum absolute atomic E-state index is 0.0549. The second-order valence-corrected chi connectivity index (χ2v) is 9.07. The van der Waals surface area contributed by atoms with Crippen molar-refractivity contribution in [3.63, 3.8) is 0 Å². The highest BCUT2D eigenvalue weighted by atomic mass is 32.2. The number of carbonyl (C=O) groups excluding carboxylic acids is 1. The van der Waals surface area contributed by atoms with Crippen LogP contribution in [0.5, 0.6) is 0 Å². The van der Waals surface area contributed by atoms with Gasteiger partial charge in [-0.3, -0.25) is 23.7 Å². The molecule has 1 atom stereocenters. The Kier molecular flexibility index (Phi) is 7.06. The van der Waals surface area contributed by atoms with Crippen molar-refractivity contribution in [2.45, 2.75) is 12.5 Å². The van der Waals surface area contributed by atoms with E-state index in [1.54, 1.807) is 36.5 Å². The van der Waals surface area contributed by atoms with Crippen LogP contribution in [0.1, 0.15) is 23.7 Å². The summed E-state index contributed by atoms with van der Waals surface area (Å²) in [7, 11) is 0. The molecule has 9 nitrogen and oxygen atoms in total. The Morgan fingerprint density at radius 2 is 1.91 bits per heavy atom. The summed E-state index contributed by atoms with van der Waals surface area (Å²) in [5, 5.41) is 22.5. The summed E-state index contributed by atoms with van der Waals surface area (Å²) in [4.78, 5) is 42.9. The molecule has 34 heavy (non-hydrogen) atoms. The Labute approximate surface area is 203 Å². The number of carboxylic acid groups (broad SMARTS) is 1. The minimum Gasteiger partial charge on any atom is -0.481 e. The molecule has 1 fully saturated rings. The first-order valence-electron chi connectivity index (χ1n) is 10.3. The SMILES string of the molecule is O=C(O)CCN1C(=O)/C(=C/c2c(NC[C@@H](O)c3ccccc3)nc3ccccn3c2=O)SC1=S. The van der Waals surface area contributed by atoms with Crippen LogP contribution in [0.25, 0.3) is 11.7 Å². The molecule has 4 rings (SSSR count). The van der Waals surface area contributed by atoms with Crippen LogP contribution in [-0.2, 0) is 9.59 Å². The molecule has 0 radical (unpaired) electrons. The molecule has 0 aliphatic carbocycles. The average Bonchev–Trinajstić information content (AvgIpc) is 3.10. The van der Waals surface area contributed by atoms with Crippen molar-refractivity contribution < 1.29 is 19.8 Å². The van der Waals surface area contributed by atoms with Gasteiger partial charge in [-0.05, 0) is 23.8 Å². The number of aliphatic hydroxyl groups excluding tert-OH is 1. The Balaban J connectivity index is 1.69. The molecule has 0 saturated carbocycles. The monoisotopic (exact) mass is 496 g/mol. The lowest BCUT2D eigenvalue weighted by atomic mass is 10.1. The van der Waals surface area contributed by atoms with Gasteiger partial charge in [-0.1, -0.05) is 60.4 Å². The third kappa shape index (κ3) is 5.01. The first-order valence-corrected chi connectivity index (χ1v) is 11.5. The molecular weight excluding hydrogens is 476 g/mol. The van der Waals surface area contributed by atoms with Gasteiger partial charge in [-0.25, -0.2) is 4.98 Å². The summed E-state index contributed by atoms with van der Waals surface area (Å²) in [5.41, 5.74) is 0.824. The molecule has 0 bridgehead atoms. The number of rotatable bonds is 8. The van der Waals surface area contributed by atoms with Crippen LogP contribution < -0.4 is 10.9 Å². The molecule has 1 aliphatic rings. The van der Waals surface area contributed by atoms with Gasteiger partial charge >= 0.3 is 5.97 Å². The number of aliphatic hydroxyl groups is 1. The van der Waals surface area contributed by atoms with Gasteiger partial charge in [0, 0.05) is 19.3 Å². The molecule has 3 N–H and O–H groups in total. The third-order valence-corrected chi connectivity index (χ3v) is 6.49. The summed E-state index contributed by atoms with van der Waals surface area (Å²) in [6.07, 6.45) is 1.89. The molecular formula is C23H20N4O5S2. The maximum Gasteiger partial charge on any atom is 0.305 e. The molecule has 2 aromatic heterocycles. The average molecular weight is 497 g/mol. The lowest BCUT2D eigenvalue weighted by Gasteiger charge is -2.15. The predicted octanol–water partition coefficient (Wildman–Crippen LogP) is 2.52. The Bertz CT molecular complexity index is 1360. The Hall–Kier alpha value is -3.54. The zero-order valence-electron chi connectivity index (χ0n) is 17.7. The first-order chi connectivity index (χ1) is 16.3. The van der Waals surface area contributed by atoms with E-state index in [0.717, 1.165) is 11.8 Å². The molecule has 1 aliphatic heterocycles. The van der Waals surface area contributed by atoms with Gasteiger partial charge in [0.15, 0.2) is 0 Å². The number of carboxylic acids is 1. The quantitative estimate of drug-likeness (QED) is 0.319. The van der Waals surface area contributed by atoms with Crippen LogP contribution in [0.15, 0.2) is 64.4 Å². The van der Waals surface area contributed by atoms with E-state index < -0.39 is 23.5 Å². The van der Waals surface area contributed by atoms with Gasteiger partial charge in [-0.2, -0.15) is 0 Å². The highest BCUT2D eigenvalue weighted by Crippen LogP contribution is 2.33. The van der Waals surface area contributed by atoms with Crippen LogP contribution in [0, 0.1) is 0 Å². The van der Waals surface area contributed by atoms with Crippen molar-refractivity contribution in [2.75, 3.05) is 18.4 Å². The molecule has 1 aromatic carbocycles. The van der Waals surface area contributed by atoms with E-state index in [1.807, 2.05) is 18.2 Å².